The molecule has 0 aliphatic heterocycles. The van der Waals surface area contributed by atoms with Crippen LogP contribution in [0.25, 0.3) is 0 Å². The predicted molar refractivity (Wildman–Crippen MR) is 103 cm³/mol. The minimum Gasteiger partial charge on any atom is -0.323 e. The van der Waals surface area contributed by atoms with Crippen LogP contribution in [0.3, 0.4) is 0 Å². The minimum absolute atomic E-state index is 0.188. The quantitative estimate of drug-likeness (QED) is 0.759. The topological polar surface area (TPSA) is 66.5 Å². The molecule has 26 heavy (non-hydrogen) atoms. The molecule has 5 nitrogen and oxygen atoms in total. The van der Waals surface area contributed by atoms with Crippen LogP contribution >= 0.6 is 23.2 Å². The number of nitrogens with zero attached hydrogens (tertiary/aromatic N) is 1. The van der Waals surface area contributed by atoms with Gasteiger partial charge in [0.15, 0.2) is 0 Å². The molecule has 0 spiro atoms. The van der Waals surface area contributed by atoms with Gasteiger partial charge in [-0.25, -0.2) is 12.8 Å². The van der Waals surface area contributed by atoms with Crippen LogP contribution in [-0.2, 0) is 14.8 Å². The number of nitrogens with one attached hydrogen (secondary N) is 1. The van der Waals surface area contributed by atoms with Crippen LogP contribution in [0.15, 0.2) is 42.5 Å². The molecule has 0 bridgehead atoms. The van der Waals surface area contributed by atoms with E-state index >= 15 is 0 Å². The molecule has 1 N–H and O–H groups in total. The van der Waals surface area contributed by atoms with Gasteiger partial charge >= 0.3 is 0 Å². The Bertz CT molecular complexity index is 905. The lowest BCUT2D eigenvalue weighted by atomic mass is 10.1. The van der Waals surface area contributed by atoms with Gasteiger partial charge in [-0.1, -0.05) is 30.1 Å². The van der Waals surface area contributed by atoms with E-state index in [1.54, 1.807) is 13.0 Å². The molecule has 0 saturated carbocycles. The Kier molecular flexibility index (Phi) is 6.49. The van der Waals surface area contributed by atoms with E-state index in [1.165, 1.54) is 24.3 Å². The summed E-state index contributed by atoms with van der Waals surface area (Å²) in [6.07, 6.45) is 1.17. The van der Waals surface area contributed by atoms with Crippen molar-refractivity contribution in [2.75, 3.05) is 15.9 Å². The first-order valence-corrected chi connectivity index (χ1v) is 10.2. The zero-order valence-electron chi connectivity index (χ0n) is 14.0. The molecule has 9 heteroatoms. The third kappa shape index (κ3) is 4.87. The molecule has 0 unspecified atom stereocenters. The van der Waals surface area contributed by atoms with Gasteiger partial charge in [-0.05, 0) is 48.9 Å². The summed E-state index contributed by atoms with van der Waals surface area (Å²) in [6, 6.07) is 8.38. The lowest BCUT2D eigenvalue weighted by Gasteiger charge is -2.30. The Morgan fingerprint density at radius 2 is 1.81 bits per heavy atom. The highest BCUT2D eigenvalue weighted by atomic mass is 35.5. The van der Waals surface area contributed by atoms with Crippen molar-refractivity contribution in [2.24, 2.45) is 0 Å². The molecule has 140 valence electrons. The number of rotatable bonds is 6. The van der Waals surface area contributed by atoms with Crippen LogP contribution in [0.5, 0.6) is 0 Å². The van der Waals surface area contributed by atoms with Gasteiger partial charge in [0.05, 0.1) is 22.7 Å². The fraction of sp³-hybridized carbons (Fsp3) is 0.235. The number of hydrogen-bond acceptors (Lipinski definition) is 3. The number of hydrogen-bond donors (Lipinski definition) is 1. The molecule has 0 fully saturated rings. The van der Waals surface area contributed by atoms with Gasteiger partial charge in [-0.3, -0.25) is 9.10 Å². The molecule has 0 aliphatic carbocycles. The summed E-state index contributed by atoms with van der Waals surface area (Å²) in [5.74, 6) is -1.09. The molecule has 1 amide bonds. The molecule has 2 aromatic carbocycles. The van der Waals surface area contributed by atoms with E-state index in [9.17, 15) is 17.6 Å². The summed E-state index contributed by atoms with van der Waals surface area (Å²) >= 11 is 12.0. The number of carbonyl (C=O) groups is 1. The number of halogens is 3. The van der Waals surface area contributed by atoms with Gasteiger partial charge in [0, 0.05) is 5.02 Å². The average Bonchev–Trinajstić information content (AvgIpc) is 2.56. The van der Waals surface area contributed by atoms with Crippen molar-refractivity contribution in [1.29, 1.82) is 0 Å². The summed E-state index contributed by atoms with van der Waals surface area (Å²) < 4.78 is 38.7. The van der Waals surface area contributed by atoms with E-state index in [2.05, 4.69) is 5.32 Å². The summed E-state index contributed by atoms with van der Waals surface area (Å²) in [5.41, 5.74) is 0.461. The molecule has 0 saturated heterocycles. The van der Waals surface area contributed by atoms with Crippen LogP contribution in [0, 0.1) is 5.82 Å². The molecular weight excluding hydrogens is 402 g/mol. The molecule has 1 atom stereocenters. The number of carbonyl (C=O) groups excluding carboxylic acids is 1. The second-order valence-electron chi connectivity index (χ2n) is 5.57. The predicted octanol–water partition coefficient (Wildman–Crippen LogP) is 4.32. The SMILES string of the molecule is CC[C@@H](C(=O)Nc1cc(Cl)ccc1Cl)N(c1ccc(F)cc1)S(C)(=O)=O. The van der Waals surface area contributed by atoms with E-state index in [-0.39, 0.29) is 22.8 Å². The van der Waals surface area contributed by atoms with Gasteiger partial charge in [0.1, 0.15) is 11.9 Å². The zero-order valence-corrected chi connectivity index (χ0v) is 16.4. The summed E-state index contributed by atoms with van der Waals surface area (Å²) in [4.78, 5) is 12.7. The molecule has 0 radical (unpaired) electrons. The van der Waals surface area contributed by atoms with E-state index in [0.717, 1.165) is 22.7 Å². The van der Waals surface area contributed by atoms with Crippen LogP contribution in [0.4, 0.5) is 15.8 Å². The van der Waals surface area contributed by atoms with Crippen molar-refractivity contribution in [2.45, 2.75) is 19.4 Å². The monoisotopic (exact) mass is 418 g/mol. The number of anilines is 2. The number of sulfonamides is 1. The Balaban J connectivity index is 2.39. The molecule has 0 heterocycles. The maximum Gasteiger partial charge on any atom is 0.248 e. The molecule has 0 aliphatic rings. The lowest BCUT2D eigenvalue weighted by molar-refractivity contribution is -0.117. The van der Waals surface area contributed by atoms with Crippen LogP contribution in [0.2, 0.25) is 10.0 Å². The highest BCUT2D eigenvalue weighted by Crippen LogP contribution is 2.27. The van der Waals surface area contributed by atoms with E-state index in [1.807, 2.05) is 0 Å². The fourth-order valence-corrected chi connectivity index (χ4v) is 4.01. The van der Waals surface area contributed by atoms with Crippen molar-refractivity contribution >= 4 is 50.5 Å². The lowest BCUT2D eigenvalue weighted by Crippen LogP contribution is -2.47. The van der Waals surface area contributed by atoms with Crippen molar-refractivity contribution in [1.82, 2.24) is 0 Å². The molecule has 2 rings (SSSR count). The Morgan fingerprint density at radius 1 is 1.19 bits per heavy atom. The largest absolute Gasteiger partial charge is 0.323 e. The van der Waals surface area contributed by atoms with Gasteiger partial charge in [-0.15, -0.1) is 0 Å². The second-order valence-corrected chi connectivity index (χ2v) is 8.28. The summed E-state index contributed by atoms with van der Waals surface area (Å²) in [6.45, 7) is 1.67. The minimum atomic E-state index is -3.81. The normalized spacial score (nSPS) is 12.5. The first-order chi connectivity index (χ1) is 12.1. The number of benzene rings is 2. The molecular formula is C17H17Cl2FN2O3S. The first kappa shape index (κ1) is 20.5. The van der Waals surface area contributed by atoms with Crippen molar-refractivity contribution in [3.8, 4) is 0 Å². The molecule has 2 aromatic rings. The fourth-order valence-electron chi connectivity index (χ4n) is 2.46. The van der Waals surface area contributed by atoms with E-state index < -0.39 is 27.8 Å². The maximum atomic E-state index is 13.2. The Labute approximate surface area is 161 Å². The van der Waals surface area contributed by atoms with Gasteiger partial charge in [0.25, 0.3) is 0 Å². The third-order valence-corrected chi connectivity index (χ3v) is 5.34. The molecule has 0 aromatic heterocycles. The maximum absolute atomic E-state index is 13.2. The van der Waals surface area contributed by atoms with E-state index in [0.29, 0.717) is 5.02 Å². The van der Waals surface area contributed by atoms with Gasteiger partial charge < -0.3 is 5.32 Å². The third-order valence-electron chi connectivity index (χ3n) is 3.60. The highest BCUT2D eigenvalue weighted by Gasteiger charge is 2.31. The smallest absolute Gasteiger partial charge is 0.248 e. The van der Waals surface area contributed by atoms with Crippen molar-refractivity contribution < 1.29 is 17.6 Å². The first-order valence-electron chi connectivity index (χ1n) is 7.64. The van der Waals surface area contributed by atoms with Crippen molar-refractivity contribution in [3.05, 3.63) is 58.3 Å². The second kappa shape index (κ2) is 8.24. The average molecular weight is 419 g/mol. The van der Waals surface area contributed by atoms with Crippen LogP contribution in [-0.4, -0.2) is 26.6 Å². The van der Waals surface area contributed by atoms with Gasteiger partial charge in [-0.2, -0.15) is 0 Å². The summed E-state index contributed by atoms with van der Waals surface area (Å²) in [5, 5.41) is 3.24. The van der Waals surface area contributed by atoms with Crippen molar-refractivity contribution in [3.63, 3.8) is 0 Å². The number of amides is 1. The van der Waals surface area contributed by atoms with E-state index in [4.69, 9.17) is 23.2 Å². The Hall–Kier alpha value is -1.83. The summed E-state index contributed by atoms with van der Waals surface area (Å²) in [7, 11) is -3.81. The standard InChI is InChI=1S/C17H17Cl2FN2O3S/c1-3-16(17(23)21-15-10-11(18)4-9-14(15)19)22(26(2,24)25)13-7-5-12(20)6-8-13/h4-10,16H,3H2,1-2H3,(H,21,23)/t16-/m0/s1. The Morgan fingerprint density at radius 3 is 2.35 bits per heavy atom. The van der Waals surface area contributed by atoms with Crippen LogP contribution < -0.4 is 9.62 Å². The van der Waals surface area contributed by atoms with Crippen LogP contribution in [0.1, 0.15) is 13.3 Å². The highest BCUT2D eigenvalue weighted by molar-refractivity contribution is 7.92. The van der Waals surface area contributed by atoms with Gasteiger partial charge in [0.2, 0.25) is 15.9 Å². The zero-order chi connectivity index (χ0) is 19.5.